The van der Waals surface area contributed by atoms with E-state index in [1.807, 2.05) is 6.92 Å². The zero-order valence-electron chi connectivity index (χ0n) is 10.6. The number of rotatable bonds is 1. The number of aliphatic imine (C=N–C) groups is 1. The van der Waals surface area contributed by atoms with Crippen LogP contribution in [0.3, 0.4) is 0 Å². The van der Waals surface area contributed by atoms with Gasteiger partial charge in [-0.05, 0) is 41.3 Å². The van der Waals surface area contributed by atoms with Gasteiger partial charge in [-0.2, -0.15) is 0 Å². The van der Waals surface area contributed by atoms with Crippen molar-refractivity contribution in [2.45, 2.75) is 44.3 Å². The van der Waals surface area contributed by atoms with Gasteiger partial charge in [0.05, 0.1) is 4.47 Å². The molecule has 1 aliphatic carbocycles. The van der Waals surface area contributed by atoms with E-state index < -0.39 is 5.62 Å². The molecule has 1 unspecified atom stereocenters. The van der Waals surface area contributed by atoms with Gasteiger partial charge < -0.3 is 9.88 Å². The molecule has 19 heavy (non-hydrogen) atoms. The molecule has 0 saturated heterocycles. The maximum atomic E-state index is 12.0. The fourth-order valence-corrected chi connectivity index (χ4v) is 3.54. The van der Waals surface area contributed by atoms with Crippen molar-refractivity contribution in [3.05, 3.63) is 26.0 Å². The summed E-state index contributed by atoms with van der Waals surface area (Å²) in [4.78, 5) is 21.3. The first-order chi connectivity index (χ1) is 9.09. The third-order valence-corrected chi connectivity index (χ3v) is 5.23. The highest BCUT2D eigenvalue weighted by Gasteiger charge is 2.32. The molecule has 6 heteroatoms. The van der Waals surface area contributed by atoms with Crippen LogP contribution < -0.4 is 10.5 Å². The van der Waals surface area contributed by atoms with Crippen LogP contribution in [-0.2, 0) is 0 Å². The smallest absolute Gasteiger partial charge is 0.264 e. The molecule has 1 saturated carbocycles. The Labute approximate surface area is 125 Å². The van der Waals surface area contributed by atoms with Crippen molar-refractivity contribution in [1.82, 2.24) is 4.98 Å². The van der Waals surface area contributed by atoms with E-state index in [2.05, 4.69) is 30.8 Å². The predicted molar refractivity (Wildman–Crippen MR) is 81.5 cm³/mol. The van der Waals surface area contributed by atoms with Gasteiger partial charge in [-0.25, -0.2) is 0 Å². The molecule has 3 rings (SSSR count). The molecule has 2 aliphatic rings. The molecule has 0 radical (unpaired) electrons. The van der Waals surface area contributed by atoms with E-state index in [0.717, 1.165) is 29.8 Å². The van der Waals surface area contributed by atoms with E-state index in [9.17, 15) is 4.79 Å². The first-order valence-electron chi connectivity index (χ1n) is 6.47. The Morgan fingerprint density at radius 1 is 1.47 bits per heavy atom. The van der Waals surface area contributed by atoms with Crippen molar-refractivity contribution in [3.8, 4) is 0 Å². The molecule has 0 amide bonds. The minimum absolute atomic E-state index is 0.113. The van der Waals surface area contributed by atoms with Gasteiger partial charge in [0.2, 0.25) is 0 Å². The monoisotopic (exact) mass is 343 g/mol. The molecule has 0 spiro atoms. The average molecular weight is 345 g/mol. The van der Waals surface area contributed by atoms with Crippen LogP contribution in [0.1, 0.15) is 36.8 Å². The number of nitrogens with one attached hydrogen (secondary N) is 1. The van der Waals surface area contributed by atoms with Gasteiger partial charge >= 0.3 is 0 Å². The topological polar surface area (TPSA) is 48.5 Å². The lowest BCUT2D eigenvalue weighted by atomic mass is 10.1. The van der Waals surface area contributed by atoms with Crippen molar-refractivity contribution < 1.29 is 0 Å². The van der Waals surface area contributed by atoms with Crippen molar-refractivity contribution in [3.63, 3.8) is 0 Å². The molecule has 1 atom stereocenters. The van der Waals surface area contributed by atoms with E-state index in [-0.39, 0.29) is 5.56 Å². The highest BCUT2D eigenvalue weighted by Crippen LogP contribution is 2.35. The predicted octanol–water partition coefficient (Wildman–Crippen LogP) is 3.15. The van der Waals surface area contributed by atoms with Gasteiger partial charge in [0.25, 0.3) is 5.56 Å². The first kappa shape index (κ1) is 13.2. The number of halogens is 2. The number of aromatic nitrogens is 1. The fourth-order valence-electron chi connectivity index (χ4n) is 2.91. The first-order valence-corrected chi connectivity index (χ1v) is 7.70. The second-order valence-electron chi connectivity index (χ2n) is 5.09. The minimum atomic E-state index is -0.424. The van der Waals surface area contributed by atoms with Crippen molar-refractivity contribution in [1.29, 1.82) is 0 Å². The summed E-state index contributed by atoms with van der Waals surface area (Å²) in [5.74, 6) is 0.813. The zero-order valence-corrected chi connectivity index (χ0v) is 13.0. The maximum absolute atomic E-state index is 12.0. The number of nitrogens with zero attached hydrogens (tertiary/aromatic N) is 2. The Morgan fingerprint density at radius 2 is 2.16 bits per heavy atom. The number of hydrogen-bond donors (Lipinski definition) is 1. The Balaban J connectivity index is 2.15. The standard InChI is InChI=1S/C13H15BrClN3O/c1-7-9-6-16-13(15)18(8-4-2-3-5-8)11(9)17-12(19)10(7)14/h6,8,13H,2-5H2,1H3,(H,17,19). The Morgan fingerprint density at radius 3 is 2.84 bits per heavy atom. The van der Waals surface area contributed by atoms with Crippen LogP contribution in [0, 0.1) is 6.92 Å². The van der Waals surface area contributed by atoms with Gasteiger partial charge in [-0.3, -0.25) is 9.79 Å². The molecule has 1 N–H and O–H groups in total. The molecule has 4 nitrogen and oxygen atoms in total. The Hall–Kier alpha value is -0.810. The molecule has 0 aromatic carbocycles. The number of hydrogen-bond acceptors (Lipinski definition) is 3. The number of alkyl halides is 1. The van der Waals surface area contributed by atoms with Gasteiger partial charge in [-0.1, -0.05) is 24.4 Å². The number of aromatic amines is 1. The largest absolute Gasteiger partial charge is 0.320 e. The molecule has 2 heterocycles. The third-order valence-electron chi connectivity index (χ3n) is 3.95. The van der Waals surface area contributed by atoms with E-state index in [4.69, 9.17) is 11.6 Å². The fraction of sp³-hybridized carbons (Fsp3) is 0.538. The van der Waals surface area contributed by atoms with E-state index in [1.54, 1.807) is 6.21 Å². The van der Waals surface area contributed by atoms with Crippen LogP contribution >= 0.6 is 27.5 Å². The van der Waals surface area contributed by atoms with Gasteiger partial charge in [0, 0.05) is 17.8 Å². The quantitative estimate of drug-likeness (QED) is 0.628. The van der Waals surface area contributed by atoms with Crippen molar-refractivity contribution >= 4 is 39.6 Å². The molecule has 102 valence electrons. The summed E-state index contributed by atoms with van der Waals surface area (Å²) in [6.07, 6.45) is 6.40. The lowest BCUT2D eigenvalue weighted by molar-refractivity contribution is 0.580. The van der Waals surface area contributed by atoms with Gasteiger partial charge in [-0.15, -0.1) is 0 Å². The molecule has 1 aromatic rings. The molecular formula is C13H15BrClN3O. The second-order valence-corrected chi connectivity index (χ2v) is 6.27. The lowest BCUT2D eigenvalue weighted by Gasteiger charge is -2.36. The third kappa shape index (κ3) is 2.13. The van der Waals surface area contributed by atoms with Crippen molar-refractivity contribution in [2.24, 2.45) is 4.99 Å². The van der Waals surface area contributed by atoms with Crippen LogP contribution in [0.25, 0.3) is 0 Å². The van der Waals surface area contributed by atoms with E-state index >= 15 is 0 Å². The van der Waals surface area contributed by atoms with Crippen LogP contribution in [0.2, 0.25) is 0 Å². The average Bonchev–Trinajstić information content (AvgIpc) is 2.89. The van der Waals surface area contributed by atoms with Crippen molar-refractivity contribution in [2.75, 3.05) is 4.90 Å². The van der Waals surface area contributed by atoms with Crippen LogP contribution in [0.15, 0.2) is 14.3 Å². The number of pyridine rings is 1. The summed E-state index contributed by atoms with van der Waals surface area (Å²) in [7, 11) is 0. The SMILES string of the molecule is Cc1c2c([nH]c(=O)c1Br)N(C1CCCC1)C(Cl)N=C2. The normalized spacial score (nSPS) is 22.9. The summed E-state index contributed by atoms with van der Waals surface area (Å²) in [6, 6.07) is 0.370. The summed E-state index contributed by atoms with van der Waals surface area (Å²) in [5.41, 5.74) is 1.33. The summed E-state index contributed by atoms with van der Waals surface area (Å²) >= 11 is 9.65. The highest BCUT2D eigenvalue weighted by molar-refractivity contribution is 9.10. The Bertz CT molecular complexity index is 592. The highest BCUT2D eigenvalue weighted by atomic mass is 79.9. The maximum Gasteiger partial charge on any atom is 0.264 e. The van der Waals surface area contributed by atoms with E-state index in [1.165, 1.54) is 12.8 Å². The molecule has 1 fully saturated rings. The summed E-state index contributed by atoms with van der Waals surface area (Å²) in [5, 5.41) is 0. The van der Waals surface area contributed by atoms with Gasteiger partial charge in [0.15, 0.2) is 5.62 Å². The minimum Gasteiger partial charge on any atom is -0.320 e. The van der Waals surface area contributed by atoms with Crippen LogP contribution in [0.4, 0.5) is 5.82 Å². The summed E-state index contributed by atoms with van der Waals surface area (Å²) in [6.45, 7) is 1.92. The number of anilines is 1. The van der Waals surface area contributed by atoms with E-state index in [0.29, 0.717) is 10.5 Å². The molecular weight excluding hydrogens is 330 g/mol. The molecule has 0 bridgehead atoms. The summed E-state index contributed by atoms with van der Waals surface area (Å²) < 4.78 is 0.567. The Kier molecular flexibility index (Phi) is 3.43. The molecule has 1 aliphatic heterocycles. The van der Waals surface area contributed by atoms with Crippen LogP contribution in [0.5, 0.6) is 0 Å². The second kappa shape index (κ2) is 4.94. The number of fused-ring (bicyclic) bond motifs is 1. The van der Waals surface area contributed by atoms with Gasteiger partial charge in [0.1, 0.15) is 5.82 Å². The molecule has 1 aromatic heterocycles. The number of H-pyrrole nitrogens is 1. The lowest BCUT2D eigenvalue weighted by Crippen LogP contribution is -2.42. The van der Waals surface area contributed by atoms with Crippen LogP contribution in [-0.4, -0.2) is 22.9 Å². The zero-order chi connectivity index (χ0) is 13.6.